The first-order chi connectivity index (χ1) is 30.4. The van der Waals surface area contributed by atoms with Crippen molar-refractivity contribution < 1.29 is 0 Å². The maximum atomic E-state index is 5.37. The topological polar surface area (TPSA) is 17.8 Å². The third-order valence-electron chi connectivity index (χ3n) is 16.3. The van der Waals surface area contributed by atoms with Crippen molar-refractivity contribution in [3.05, 3.63) is 78.9 Å². The van der Waals surface area contributed by atoms with Crippen LogP contribution in [0.4, 0.5) is 0 Å². The predicted octanol–water partition coefficient (Wildman–Crippen LogP) is -17.6. The van der Waals surface area contributed by atoms with E-state index in [1.165, 1.54) is 153 Å². The van der Waals surface area contributed by atoms with E-state index in [2.05, 4.69) is 217 Å². The first-order valence-electron chi connectivity index (χ1n) is 23.2. The van der Waals surface area contributed by atoms with Gasteiger partial charge in [0.05, 0.1) is 11.0 Å². The highest BCUT2D eigenvalue weighted by Gasteiger charge is 2.26. The first-order valence-corrected chi connectivity index (χ1v) is 23.2. The van der Waals surface area contributed by atoms with Gasteiger partial charge < -0.3 is 0 Å². The van der Waals surface area contributed by atoms with Crippen LogP contribution in [0, 0.1) is 0 Å². The lowest BCUT2D eigenvalue weighted by atomic mass is 9.59. The van der Waals surface area contributed by atoms with Crippen LogP contribution in [-0.4, -0.2) is 143 Å². The minimum absolute atomic E-state index is 0.970. The summed E-state index contributed by atoms with van der Waals surface area (Å²) < 4.78 is 2.42. The third kappa shape index (κ3) is 6.45. The zero-order valence-corrected chi connectivity index (χ0v) is 41.4. The summed E-state index contributed by atoms with van der Waals surface area (Å²) in [5.41, 5.74) is 35.3. The van der Waals surface area contributed by atoms with E-state index in [0.717, 1.165) is 22.4 Å². The maximum absolute atomic E-state index is 5.37. The molecule has 9 aromatic rings. The van der Waals surface area contributed by atoms with E-state index >= 15 is 0 Å². The lowest BCUT2D eigenvalue weighted by molar-refractivity contribution is 1.12. The van der Waals surface area contributed by atoms with Gasteiger partial charge in [0.25, 0.3) is 0 Å². The van der Waals surface area contributed by atoms with Gasteiger partial charge in [0.1, 0.15) is 139 Å². The highest BCUT2D eigenvalue weighted by molar-refractivity contribution is 6.71. The van der Waals surface area contributed by atoms with Crippen LogP contribution in [0.3, 0.4) is 0 Å². The summed E-state index contributed by atoms with van der Waals surface area (Å²) in [6.07, 6.45) is 0. The molecule has 1 aromatic heterocycles. The van der Waals surface area contributed by atoms with Crippen LogP contribution < -0.4 is 92.9 Å². The Bertz CT molecular complexity index is 3470. The summed E-state index contributed by atoms with van der Waals surface area (Å²) in [5.74, 6) is 0.970. The van der Waals surface area contributed by atoms with E-state index in [4.69, 9.17) is 4.98 Å². The van der Waals surface area contributed by atoms with E-state index in [9.17, 15) is 0 Å². The Hall–Kier alpha value is -5.15. The maximum Gasteiger partial charge on any atom is 0.145 e. The van der Waals surface area contributed by atoms with Gasteiger partial charge in [-0.05, 0) is 73.1 Å². The normalized spacial score (nSPS) is 11.6. The fourth-order valence-electron chi connectivity index (χ4n) is 11.3. The molecule has 0 radical (unpaired) electrons. The van der Waals surface area contributed by atoms with Crippen molar-refractivity contribution in [3.63, 3.8) is 0 Å². The first kappa shape index (κ1) is 44.1. The highest BCUT2D eigenvalue weighted by atomic mass is 15.1. The Morgan fingerprint density at radius 1 is 0.312 bits per heavy atom. The Kier molecular flexibility index (Phi) is 11.1. The molecule has 19 heteroatoms. The number of rotatable bonds is 5. The second kappa shape index (κ2) is 16.1. The molecule has 0 unspecified atom stereocenters. The number of hydrogen-bond acceptors (Lipinski definition) is 1. The third-order valence-corrected chi connectivity index (χ3v) is 16.3. The number of hydrogen-bond donors (Lipinski definition) is 0. The van der Waals surface area contributed by atoms with Gasteiger partial charge >= 0.3 is 0 Å². The van der Waals surface area contributed by atoms with Gasteiger partial charge in [-0.1, -0.05) is 121 Å². The van der Waals surface area contributed by atoms with E-state index in [0.29, 0.717) is 0 Å². The zero-order valence-electron chi connectivity index (χ0n) is 41.4. The second-order valence-corrected chi connectivity index (χ2v) is 19.3. The molecule has 9 rings (SSSR count). The zero-order chi connectivity index (χ0) is 46.0. The second-order valence-electron chi connectivity index (χ2n) is 19.3. The van der Waals surface area contributed by atoms with Crippen LogP contribution in [0.15, 0.2) is 78.9 Å². The van der Waals surface area contributed by atoms with Gasteiger partial charge in [0, 0.05) is 11.3 Å². The summed E-state index contributed by atoms with van der Waals surface area (Å²) in [5, 5.41) is 5.41. The average Bonchev–Trinajstić information content (AvgIpc) is 3.67. The van der Waals surface area contributed by atoms with Crippen LogP contribution in [0.5, 0.6) is 0 Å². The molecule has 0 aliphatic rings. The standard InChI is InChI=1S/C45H47B17N2/c46-18-13-19(47)29(48)26-22(14-8-10-15(11-9-14)45-63-20-6-1-2-7-21(20)64(45)44-42(61)40(59)39(58)41(60)43(44)62)27-28(33(52)37(56)36(55)32(27)51)23(25(18)26)16-4-3-5-17(12-16)24-30(49)34(53)38(57)35(54)31(24)50/h1-13H,46-62H2. The largest absolute Gasteiger partial charge is 0.294 e. The Labute approximate surface area is 395 Å². The number of imidazole rings is 1. The molecule has 288 valence electrons. The number of nitrogens with zero attached hydrogens (tertiary/aromatic N) is 2. The molecule has 8 aromatic carbocycles. The molecule has 0 N–H and O–H groups in total. The summed E-state index contributed by atoms with van der Waals surface area (Å²) in [6.45, 7) is 0. The fourth-order valence-corrected chi connectivity index (χ4v) is 11.3. The van der Waals surface area contributed by atoms with Gasteiger partial charge in [-0.2, -0.15) is 0 Å². The van der Waals surface area contributed by atoms with Gasteiger partial charge in [0.2, 0.25) is 0 Å². The average molecular weight is 800 g/mol. The van der Waals surface area contributed by atoms with Crippen molar-refractivity contribution in [1.29, 1.82) is 0 Å². The van der Waals surface area contributed by atoms with E-state index in [1.807, 2.05) is 0 Å². The van der Waals surface area contributed by atoms with Crippen LogP contribution in [0.25, 0.3) is 83.0 Å². The minimum Gasteiger partial charge on any atom is -0.294 e. The quantitative estimate of drug-likeness (QED) is 0.125. The van der Waals surface area contributed by atoms with Crippen molar-refractivity contribution in [1.82, 2.24) is 9.55 Å². The van der Waals surface area contributed by atoms with Crippen molar-refractivity contribution in [2.45, 2.75) is 0 Å². The molecular weight excluding hydrogens is 752 g/mol. The van der Waals surface area contributed by atoms with Crippen molar-refractivity contribution in [2.24, 2.45) is 0 Å². The Morgan fingerprint density at radius 2 is 0.750 bits per heavy atom. The summed E-state index contributed by atoms with van der Waals surface area (Å²) in [4.78, 5) is 5.37. The SMILES string of the molecule is Bc1cc(B)c2c(-c3cccc(-c4c(B)c(B)c(B)c(B)c4B)c3)c3c(B)c(B)c(B)c(B)c3c(-c3ccc(-c4nc5ccccc5n4-c4c(B)c(B)c(B)c(B)c4B)cc3)c2c1B. The lowest BCUT2D eigenvalue weighted by Gasteiger charge is -2.27. The van der Waals surface area contributed by atoms with Gasteiger partial charge in [0.15, 0.2) is 0 Å². The molecule has 0 fully saturated rings. The van der Waals surface area contributed by atoms with Gasteiger partial charge in [-0.25, -0.2) is 4.98 Å². The van der Waals surface area contributed by atoms with Crippen LogP contribution >= 0.6 is 0 Å². The van der Waals surface area contributed by atoms with E-state index in [1.54, 1.807) is 0 Å². The number of fused-ring (bicyclic) bond motifs is 3. The molecule has 0 amide bonds. The molecule has 0 bridgehead atoms. The smallest absolute Gasteiger partial charge is 0.145 e. The molecule has 0 saturated carbocycles. The monoisotopic (exact) mass is 803 g/mol. The van der Waals surface area contributed by atoms with Crippen molar-refractivity contribution >= 4 is 259 Å². The van der Waals surface area contributed by atoms with Crippen LogP contribution in [-0.2, 0) is 0 Å². The molecule has 0 saturated heterocycles. The number of benzene rings is 8. The Morgan fingerprint density at radius 3 is 1.31 bits per heavy atom. The van der Waals surface area contributed by atoms with Gasteiger partial charge in [-0.3, -0.25) is 4.57 Å². The molecule has 0 atom stereocenters. The fraction of sp³-hybridized carbons (Fsp3) is 0. The van der Waals surface area contributed by atoms with Crippen molar-refractivity contribution in [3.8, 4) is 50.5 Å². The predicted molar refractivity (Wildman–Crippen MR) is 337 cm³/mol. The molecule has 64 heavy (non-hydrogen) atoms. The minimum atomic E-state index is 0.970. The van der Waals surface area contributed by atoms with E-state index in [-0.39, 0.29) is 0 Å². The highest BCUT2D eigenvalue weighted by Crippen LogP contribution is 2.42. The van der Waals surface area contributed by atoms with Crippen LogP contribution in [0.2, 0.25) is 0 Å². The Balaban J connectivity index is 1.36. The summed E-state index contributed by atoms with van der Waals surface area (Å²) in [7, 11) is 39.1. The summed E-state index contributed by atoms with van der Waals surface area (Å²) in [6, 6.07) is 29.8. The number of aromatic nitrogens is 2. The molecule has 0 spiro atoms. The molecule has 0 aliphatic carbocycles. The van der Waals surface area contributed by atoms with Crippen LogP contribution in [0.1, 0.15) is 0 Å². The summed E-state index contributed by atoms with van der Waals surface area (Å²) >= 11 is 0. The number of para-hydroxylation sites is 2. The molecule has 0 aliphatic heterocycles. The lowest BCUT2D eigenvalue weighted by Crippen LogP contribution is -2.56. The van der Waals surface area contributed by atoms with Crippen molar-refractivity contribution in [2.75, 3.05) is 0 Å². The molecule has 2 nitrogen and oxygen atoms in total. The van der Waals surface area contributed by atoms with E-state index < -0.39 is 0 Å². The molecule has 1 heterocycles. The molecular formula is C45H47B17N2. The van der Waals surface area contributed by atoms with Gasteiger partial charge in [-0.15, -0.1) is 32.8 Å².